The molecule has 2 N–H and O–H groups in total. The summed E-state index contributed by atoms with van der Waals surface area (Å²) in [5, 5.41) is 4.60. The molecule has 2 atom stereocenters. The Balaban J connectivity index is 1.96. The summed E-state index contributed by atoms with van der Waals surface area (Å²) < 4.78 is 7.87. The van der Waals surface area contributed by atoms with Crippen LogP contribution in [0, 0.1) is 0 Å². The average molecular weight is 274 g/mol. The highest BCUT2D eigenvalue weighted by molar-refractivity contribution is 5.57. The van der Waals surface area contributed by atoms with Crippen LogP contribution in [0.1, 0.15) is 45.7 Å². The number of ether oxygens (including phenoxy) is 1. The minimum Gasteiger partial charge on any atom is -0.471 e. The molecule has 2 heterocycles. The van der Waals surface area contributed by atoms with E-state index < -0.39 is 0 Å². The van der Waals surface area contributed by atoms with E-state index in [9.17, 15) is 0 Å². The third-order valence-corrected chi connectivity index (χ3v) is 3.89. The molecule has 2 aromatic rings. The second-order valence-electron chi connectivity index (χ2n) is 6.59. The summed E-state index contributed by atoms with van der Waals surface area (Å²) in [5.41, 5.74) is 8.02. The van der Waals surface area contributed by atoms with Crippen molar-refractivity contribution in [3.63, 3.8) is 0 Å². The molecule has 5 heteroatoms. The smallest absolute Gasteiger partial charge is 0.240 e. The normalized spacial score (nSPS) is 23.4. The highest BCUT2D eigenvalue weighted by Gasteiger charge is 2.27. The van der Waals surface area contributed by atoms with Gasteiger partial charge in [-0.3, -0.25) is 0 Å². The summed E-state index contributed by atoms with van der Waals surface area (Å²) >= 11 is 0. The van der Waals surface area contributed by atoms with E-state index in [0.717, 1.165) is 30.5 Å². The molecule has 0 bridgehead atoms. The lowest BCUT2D eigenvalue weighted by atomic mass is 9.92. The first-order chi connectivity index (χ1) is 9.45. The largest absolute Gasteiger partial charge is 0.471 e. The molecule has 2 aromatic heterocycles. The monoisotopic (exact) mass is 274 g/mol. The first-order valence-corrected chi connectivity index (χ1v) is 7.22. The van der Waals surface area contributed by atoms with Gasteiger partial charge in [0.25, 0.3) is 0 Å². The van der Waals surface area contributed by atoms with Gasteiger partial charge >= 0.3 is 0 Å². The standard InChI is InChI=1S/C15H22N4O/c1-15(2,3)13-9-11-14(17-7-8-19(11)18-13)20-12-6-4-5-10(12)16/h7-10,12H,4-6,16H2,1-3H3. The molecule has 20 heavy (non-hydrogen) atoms. The number of hydrogen-bond acceptors (Lipinski definition) is 4. The van der Waals surface area contributed by atoms with Crippen LogP contribution in [-0.2, 0) is 5.41 Å². The maximum Gasteiger partial charge on any atom is 0.240 e. The van der Waals surface area contributed by atoms with Gasteiger partial charge in [0.2, 0.25) is 5.88 Å². The Kier molecular flexibility index (Phi) is 3.17. The summed E-state index contributed by atoms with van der Waals surface area (Å²) in [6.45, 7) is 6.45. The molecule has 0 amide bonds. The lowest BCUT2D eigenvalue weighted by Gasteiger charge is -2.17. The molecule has 2 unspecified atom stereocenters. The lowest BCUT2D eigenvalue weighted by molar-refractivity contribution is 0.185. The minimum atomic E-state index is 0.00700. The molecule has 0 radical (unpaired) electrons. The zero-order chi connectivity index (χ0) is 14.3. The first-order valence-electron chi connectivity index (χ1n) is 7.22. The third kappa shape index (κ3) is 2.38. The fourth-order valence-corrected chi connectivity index (χ4v) is 2.60. The van der Waals surface area contributed by atoms with Gasteiger partial charge in [-0.15, -0.1) is 0 Å². The Bertz CT molecular complexity index is 614. The van der Waals surface area contributed by atoms with E-state index in [2.05, 4.69) is 36.9 Å². The predicted octanol–water partition coefficient (Wildman–Crippen LogP) is 2.29. The van der Waals surface area contributed by atoms with Gasteiger partial charge in [0.05, 0.1) is 5.69 Å². The molecule has 1 aliphatic rings. The zero-order valence-corrected chi connectivity index (χ0v) is 12.3. The number of aromatic nitrogens is 3. The van der Waals surface area contributed by atoms with Gasteiger partial charge in [0.15, 0.2) is 0 Å². The topological polar surface area (TPSA) is 65.4 Å². The summed E-state index contributed by atoms with van der Waals surface area (Å²) in [6, 6.07) is 2.17. The van der Waals surface area contributed by atoms with Crippen molar-refractivity contribution in [1.29, 1.82) is 0 Å². The number of fused-ring (bicyclic) bond motifs is 1. The maximum absolute atomic E-state index is 6.07. The van der Waals surface area contributed by atoms with Crippen molar-refractivity contribution in [2.24, 2.45) is 5.73 Å². The molecule has 108 valence electrons. The van der Waals surface area contributed by atoms with E-state index in [1.807, 2.05) is 10.7 Å². The predicted molar refractivity (Wildman–Crippen MR) is 77.9 cm³/mol. The number of rotatable bonds is 2. The highest BCUT2D eigenvalue weighted by atomic mass is 16.5. The van der Waals surface area contributed by atoms with Crippen LogP contribution in [0.2, 0.25) is 0 Å². The van der Waals surface area contributed by atoms with Crippen LogP contribution in [0.25, 0.3) is 5.52 Å². The van der Waals surface area contributed by atoms with Crippen molar-refractivity contribution in [1.82, 2.24) is 14.6 Å². The molecule has 1 saturated carbocycles. The molecule has 5 nitrogen and oxygen atoms in total. The Morgan fingerprint density at radius 3 is 2.80 bits per heavy atom. The van der Waals surface area contributed by atoms with Crippen molar-refractivity contribution >= 4 is 5.52 Å². The van der Waals surface area contributed by atoms with Gasteiger partial charge in [0.1, 0.15) is 11.6 Å². The van der Waals surface area contributed by atoms with Crippen molar-refractivity contribution < 1.29 is 4.74 Å². The van der Waals surface area contributed by atoms with E-state index in [0.29, 0.717) is 5.88 Å². The van der Waals surface area contributed by atoms with Gasteiger partial charge in [-0.2, -0.15) is 5.10 Å². The SMILES string of the molecule is CC(C)(C)c1cc2c(OC3CCCC3N)nccn2n1. The quantitative estimate of drug-likeness (QED) is 0.912. The fourth-order valence-electron chi connectivity index (χ4n) is 2.60. The summed E-state index contributed by atoms with van der Waals surface area (Å²) in [7, 11) is 0. The Morgan fingerprint density at radius 1 is 1.35 bits per heavy atom. The number of nitrogens with zero attached hydrogens (tertiary/aromatic N) is 3. The number of nitrogens with two attached hydrogens (primary N) is 1. The molecule has 1 aliphatic carbocycles. The van der Waals surface area contributed by atoms with Crippen LogP contribution in [0.15, 0.2) is 18.5 Å². The minimum absolute atomic E-state index is 0.00700. The van der Waals surface area contributed by atoms with E-state index in [-0.39, 0.29) is 17.6 Å². The summed E-state index contributed by atoms with van der Waals surface area (Å²) in [5.74, 6) is 0.637. The second kappa shape index (κ2) is 4.74. The molecular formula is C15H22N4O. The van der Waals surface area contributed by atoms with Crippen LogP contribution in [0.5, 0.6) is 5.88 Å². The van der Waals surface area contributed by atoms with E-state index >= 15 is 0 Å². The molecular weight excluding hydrogens is 252 g/mol. The second-order valence-corrected chi connectivity index (χ2v) is 6.59. The van der Waals surface area contributed by atoms with E-state index in [4.69, 9.17) is 10.5 Å². The van der Waals surface area contributed by atoms with Crippen LogP contribution in [-0.4, -0.2) is 26.7 Å². The Labute approximate surface area is 119 Å². The van der Waals surface area contributed by atoms with Gasteiger partial charge in [-0.25, -0.2) is 9.50 Å². The van der Waals surface area contributed by atoms with E-state index in [1.165, 1.54) is 0 Å². The molecule has 0 aliphatic heterocycles. The van der Waals surface area contributed by atoms with Crippen molar-refractivity contribution in [3.8, 4) is 5.88 Å². The lowest BCUT2D eigenvalue weighted by Crippen LogP contribution is -2.33. The van der Waals surface area contributed by atoms with Crippen molar-refractivity contribution in [2.75, 3.05) is 0 Å². The molecule has 0 spiro atoms. The molecule has 3 rings (SSSR count). The van der Waals surface area contributed by atoms with Crippen LogP contribution in [0.3, 0.4) is 0 Å². The van der Waals surface area contributed by atoms with Gasteiger partial charge in [-0.1, -0.05) is 20.8 Å². The molecule has 0 aromatic carbocycles. The zero-order valence-electron chi connectivity index (χ0n) is 12.3. The molecule has 0 saturated heterocycles. The van der Waals surface area contributed by atoms with Crippen molar-refractivity contribution in [3.05, 3.63) is 24.2 Å². The number of hydrogen-bond donors (Lipinski definition) is 1. The highest BCUT2D eigenvalue weighted by Crippen LogP contribution is 2.28. The molecule has 1 fully saturated rings. The van der Waals surface area contributed by atoms with Crippen molar-refractivity contribution in [2.45, 2.75) is 57.6 Å². The van der Waals surface area contributed by atoms with Crippen LogP contribution < -0.4 is 10.5 Å². The van der Waals surface area contributed by atoms with Gasteiger partial charge < -0.3 is 10.5 Å². The summed E-state index contributed by atoms with van der Waals surface area (Å²) in [4.78, 5) is 4.36. The average Bonchev–Trinajstić information content (AvgIpc) is 2.96. The maximum atomic E-state index is 6.07. The van der Waals surface area contributed by atoms with Crippen LogP contribution >= 0.6 is 0 Å². The first kappa shape index (κ1) is 13.4. The summed E-state index contributed by atoms with van der Waals surface area (Å²) in [6.07, 6.45) is 6.81. The van der Waals surface area contributed by atoms with E-state index in [1.54, 1.807) is 6.20 Å². The van der Waals surface area contributed by atoms with Gasteiger partial charge in [-0.05, 0) is 25.3 Å². The van der Waals surface area contributed by atoms with Gasteiger partial charge in [0, 0.05) is 23.9 Å². The Hall–Kier alpha value is -1.62. The van der Waals surface area contributed by atoms with Crippen LogP contribution in [0.4, 0.5) is 0 Å². The fraction of sp³-hybridized carbons (Fsp3) is 0.600. The Morgan fingerprint density at radius 2 is 2.15 bits per heavy atom. The third-order valence-electron chi connectivity index (χ3n) is 3.89.